The number of aliphatic imine (C=N–C) groups is 1. The molecule has 1 unspecified atom stereocenters. The molecule has 1 aliphatic rings. The Morgan fingerprint density at radius 3 is 2.82 bits per heavy atom. The summed E-state index contributed by atoms with van der Waals surface area (Å²) in [5.41, 5.74) is 0.433. The second-order valence-electron chi connectivity index (χ2n) is 3.55. The number of benzene rings is 1. The van der Waals surface area contributed by atoms with Crippen molar-refractivity contribution < 1.29 is 14.3 Å². The second-order valence-corrected chi connectivity index (χ2v) is 4.32. The predicted octanol–water partition coefficient (Wildman–Crippen LogP) is 2.58. The van der Waals surface area contributed by atoms with E-state index in [-0.39, 0.29) is 12.4 Å². The average molecular weight is 254 g/mol. The summed E-state index contributed by atoms with van der Waals surface area (Å²) < 4.78 is 13.6. The van der Waals surface area contributed by atoms with E-state index in [4.69, 9.17) is 5.11 Å². The normalized spacial score (nSPS) is 19.3. The van der Waals surface area contributed by atoms with Gasteiger partial charge < -0.3 is 5.11 Å². The molecule has 0 fully saturated rings. The maximum atomic E-state index is 13.6. The zero-order chi connectivity index (χ0) is 12.4. The lowest BCUT2D eigenvalue weighted by Crippen LogP contribution is -2.31. The number of amidine groups is 1. The third-order valence-corrected chi connectivity index (χ3v) is 3.22. The van der Waals surface area contributed by atoms with Gasteiger partial charge in [0.05, 0.1) is 12.6 Å². The Morgan fingerprint density at radius 1 is 1.59 bits per heavy atom. The first-order valence-electron chi connectivity index (χ1n) is 5.00. The fourth-order valence-electron chi connectivity index (χ4n) is 1.73. The summed E-state index contributed by atoms with van der Waals surface area (Å²) >= 11 is 1.25. The van der Waals surface area contributed by atoms with Gasteiger partial charge in [0, 0.05) is 5.56 Å². The van der Waals surface area contributed by atoms with E-state index in [1.165, 1.54) is 17.8 Å². The van der Waals surface area contributed by atoms with Crippen LogP contribution in [0.3, 0.4) is 0 Å². The van der Waals surface area contributed by atoms with E-state index in [0.717, 1.165) is 4.90 Å². The monoisotopic (exact) mass is 254 g/mol. The first-order valence-corrected chi connectivity index (χ1v) is 6.22. The van der Waals surface area contributed by atoms with E-state index in [2.05, 4.69) is 4.99 Å². The van der Waals surface area contributed by atoms with Crippen LogP contribution in [-0.4, -0.2) is 34.1 Å². The minimum absolute atomic E-state index is 0.173. The maximum absolute atomic E-state index is 13.6. The lowest BCUT2D eigenvalue weighted by molar-refractivity contribution is 0.171. The van der Waals surface area contributed by atoms with E-state index in [1.807, 2.05) is 0 Å². The molecule has 90 valence electrons. The Balaban J connectivity index is 2.29. The predicted molar refractivity (Wildman–Crippen MR) is 64.8 cm³/mol. The molecular formula is C11H11FN2O2S. The lowest BCUT2D eigenvalue weighted by atomic mass is 10.1. The van der Waals surface area contributed by atoms with Crippen LogP contribution < -0.4 is 0 Å². The smallest absolute Gasteiger partial charge is 0.413 e. The summed E-state index contributed by atoms with van der Waals surface area (Å²) in [5.74, 6) is -0.353. The van der Waals surface area contributed by atoms with Crippen LogP contribution in [0, 0.1) is 5.82 Å². The molecule has 1 aromatic rings. The molecule has 0 aliphatic carbocycles. The van der Waals surface area contributed by atoms with Gasteiger partial charge in [-0.2, -0.15) is 0 Å². The quantitative estimate of drug-likeness (QED) is 0.838. The van der Waals surface area contributed by atoms with Crippen LogP contribution in [0.5, 0.6) is 0 Å². The van der Waals surface area contributed by atoms with Gasteiger partial charge in [0.25, 0.3) is 0 Å². The Kier molecular flexibility index (Phi) is 3.33. The van der Waals surface area contributed by atoms with Crippen LogP contribution in [0.4, 0.5) is 9.18 Å². The van der Waals surface area contributed by atoms with Gasteiger partial charge >= 0.3 is 6.09 Å². The van der Waals surface area contributed by atoms with Crippen molar-refractivity contribution in [1.29, 1.82) is 0 Å². The van der Waals surface area contributed by atoms with Crippen molar-refractivity contribution in [2.75, 3.05) is 12.8 Å². The molecule has 2 rings (SSSR count). The molecule has 0 radical (unpaired) electrons. The van der Waals surface area contributed by atoms with Gasteiger partial charge in [-0.05, 0) is 12.3 Å². The Morgan fingerprint density at radius 2 is 2.29 bits per heavy atom. The molecule has 0 aromatic heterocycles. The molecule has 0 spiro atoms. The molecule has 1 atom stereocenters. The number of hydrogen-bond acceptors (Lipinski definition) is 3. The van der Waals surface area contributed by atoms with E-state index in [1.54, 1.807) is 24.5 Å². The van der Waals surface area contributed by atoms with Gasteiger partial charge in [0.2, 0.25) is 0 Å². The van der Waals surface area contributed by atoms with Crippen molar-refractivity contribution >= 4 is 23.0 Å². The van der Waals surface area contributed by atoms with Crippen molar-refractivity contribution in [3.8, 4) is 0 Å². The molecule has 1 heterocycles. The Hall–Kier alpha value is -1.56. The zero-order valence-electron chi connectivity index (χ0n) is 9.13. The zero-order valence-corrected chi connectivity index (χ0v) is 9.95. The van der Waals surface area contributed by atoms with E-state index >= 15 is 0 Å². The number of nitrogens with zero attached hydrogens (tertiary/aromatic N) is 2. The number of carbonyl (C=O) groups is 1. The Labute approximate surface area is 102 Å². The molecule has 4 nitrogen and oxygen atoms in total. The topological polar surface area (TPSA) is 52.9 Å². The molecule has 17 heavy (non-hydrogen) atoms. The molecule has 0 saturated heterocycles. The van der Waals surface area contributed by atoms with Crippen molar-refractivity contribution in [1.82, 2.24) is 4.90 Å². The summed E-state index contributed by atoms with van der Waals surface area (Å²) in [6, 6.07) is 5.85. The number of thioether (sulfide) groups is 1. The molecule has 0 saturated carbocycles. The number of halogens is 1. The molecule has 1 N–H and O–H groups in total. The highest BCUT2D eigenvalue weighted by molar-refractivity contribution is 8.13. The first kappa shape index (κ1) is 11.9. The maximum Gasteiger partial charge on any atom is 0.413 e. The lowest BCUT2D eigenvalue weighted by Gasteiger charge is -2.13. The van der Waals surface area contributed by atoms with E-state index in [9.17, 15) is 9.18 Å². The molecule has 1 aromatic carbocycles. The summed E-state index contributed by atoms with van der Waals surface area (Å²) in [6.45, 7) is 0.173. The fourth-order valence-corrected chi connectivity index (χ4v) is 2.34. The molecular weight excluding hydrogens is 243 g/mol. The highest BCUT2D eigenvalue weighted by Crippen LogP contribution is 2.29. The van der Waals surface area contributed by atoms with Crippen molar-refractivity contribution in [2.24, 2.45) is 4.99 Å². The largest absolute Gasteiger partial charge is 0.465 e. The molecule has 1 amide bonds. The third-order valence-electron chi connectivity index (χ3n) is 2.53. The number of rotatable bonds is 1. The van der Waals surface area contributed by atoms with Gasteiger partial charge in [-0.25, -0.2) is 9.18 Å². The third kappa shape index (κ3) is 2.26. The molecule has 6 heteroatoms. The van der Waals surface area contributed by atoms with Crippen molar-refractivity contribution in [3.63, 3.8) is 0 Å². The second kappa shape index (κ2) is 4.75. The number of hydrogen-bond donors (Lipinski definition) is 1. The molecule has 1 aliphatic heterocycles. The van der Waals surface area contributed by atoms with Crippen molar-refractivity contribution in [3.05, 3.63) is 35.6 Å². The summed E-state index contributed by atoms with van der Waals surface area (Å²) in [5, 5.41) is 9.39. The van der Waals surface area contributed by atoms with Crippen LogP contribution in [-0.2, 0) is 0 Å². The van der Waals surface area contributed by atoms with Gasteiger partial charge in [-0.1, -0.05) is 30.0 Å². The Bertz CT molecular complexity index is 478. The SMILES string of the molecule is CSC1=NC(c2ccccc2F)CN1C(=O)O. The van der Waals surface area contributed by atoms with Gasteiger partial charge in [-0.3, -0.25) is 9.89 Å². The van der Waals surface area contributed by atoms with Gasteiger partial charge in [-0.15, -0.1) is 0 Å². The van der Waals surface area contributed by atoms with Gasteiger partial charge in [0.1, 0.15) is 5.82 Å². The van der Waals surface area contributed by atoms with Crippen LogP contribution in [0.25, 0.3) is 0 Å². The first-order chi connectivity index (χ1) is 8.13. The van der Waals surface area contributed by atoms with Crippen LogP contribution in [0.2, 0.25) is 0 Å². The van der Waals surface area contributed by atoms with Gasteiger partial charge in [0.15, 0.2) is 5.17 Å². The van der Waals surface area contributed by atoms with Crippen molar-refractivity contribution in [2.45, 2.75) is 6.04 Å². The minimum Gasteiger partial charge on any atom is -0.465 e. The summed E-state index contributed by atoms with van der Waals surface area (Å²) in [6.07, 6.45) is 0.690. The highest BCUT2D eigenvalue weighted by atomic mass is 32.2. The summed E-state index contributed by atoms with van der Waals surface area (Å²) in [7, 11) is 0. The number of carboxylic acid groups (broad SMARTS) is 1. The van der Waals surface area contributed by atoms with E-state index in [0.29, 0.717) is 10.7 Å². The van der Waals surface area contributed by atoms with Crippen LogP contribution in [0.15, 0.2) is 29.3 Å². The fraction of sp³-hybridized carbons (Fsp3) is 0.273. The summed E-state index contributed by atoms with van der Waals surface area (Å²) in [4.78, 5) is 16.3. The van der Waals surface area contributed by atoms with Crippen LogP contribution in [0.1, 0.15) is 11.6 Å². The highest BCUT2D eigenvalue weighted by Gasteiger charge is 2.31. The molecule has 0 bridgehead atoms. The number of amides is 1. The standard InChI is InChI=1S/C11H11FN2O2S/c1-17-10-13-9(6-14(10)11(15)16)7-4-2-3-5-8(7)12/h2-5,9H,6H2,1H3,(H,15,16). The average Bonchev–Trinajstić information content (AvgIpc) is 2.73. The van der Waals surface area contributed by atoms with E-state index < -0.39 is 12.1 Å². The van der Waals surface area contributed by atoms with Crippen LogP contribution >= 0.6 is 11.8 Å². The minimum atomic E-state index is -1.06.